The lowest BCUT2D eigenvalue weighted by molar-refractivity contribution is -0.121. The highest BCUT2D eigenvalue weighted by Gasteiger charge is 2.15. The standard InChI is InChI=1S/C22H25NO5/c1-15(2)28-18-6-3-16(4-7-18)14-23-22(25)10-8-19(24)17-5-9-20-21(13-17)27-12-11-26-20/h3-7,9,13,15H,8,10-12,14H2,1-2H3,(H,23,25). The van der Waals surface area contributed by atoms with Crippen LogP contribution in [0, 0.1) is 0 Å². The highest BCUT2D eigenvalue weighted by molar-refractivity contribution is 5.98. The monoisotopic (exact) mass is 383 g/mol. The van der Waals surface area contributed by atoms with E-state index in [1.807, 2.05) is 38.1 Å². The minimum atomic E-state index is -0.159. The Kier molecular flexibility index (Phi) is 6.53. The van der Waals surface area contributed by atoms with Crippen molar-refractivity contribution in [1.29, 1.82) is 0 Å². The summed E-state index contributed by atoms with van der Waals surface area (Å²) in [6.45, 7) is 5.34. The van der Waals surface area contributed by atoms with Gasteiger partial charge in [-0.1, -0.05) is 12.1 Å². The van der Waals surface area contributed by atoms with Crippen molar-refractivity contribution in [3.8, 4) is 17.2 Å². The predicted molar refractivity (Wildman–Crippen MR) is 105 cm³/mol. The van der Waals surface area contributed by atoms with Crippen LogP contribution in [0.15, 0.2) is 42.5 Å². The molecule has 6 heteroatoms. The molecule has 0 atom stereocenters. The Labute approximate surface area is 164 Å². The average molecular weight is 383 g/mol. The van der Waals surface area contributed by atoms with Crippen LogP contribution in [0.25, 0.3) is 0 Å². The first-order chi connectivity index (χ1) is 13.5. The summed E-state index contributed by atoms with van der Waals surface area (Å²) in [7, 11) is 0. The number of carbonyl (C=O) groups excluding carboxylic acids is 2. The van der Waals surface area contributed by atoms with Gasteiger partial charge in [0.2, 0.25) is 5.91 Å². The van der Waals surface area contributed by atoms with Crippen LogP contribution >= 0.6 is 0 Å². The smallest absolute Gasteiger partial charge is 0.220 e. The molecule has 3 rings (SSSR count). The average Bonchev–Trinajstić information content (AvgIpc) is 2.70. The molecule has 2 aromatic carbocycles. The van der Waals surface area contributed by atoms with Crippen molar-refractivity contribution in [3.05, 3.63) is 53.6 Å². The van der Waals surface area contributed by atoms with Gasteiger partial charge in [0.1, 0.15) is 19.0 Å². The van der Waals surface area contributed by atoms with Gasteiger partial charge in [0.25, 0.3) is 0 Å². The second-order valence-electron chi connectivity index (χ2n) is 6.87. The van der Waals surface area contributed by atoms with E-state index in [1.165, 1.54) is 0 Å². The fourth-order valence-electron chi connectivity index (χ4n) is 2.84. The molecule has 0 fully saturated rings. The van der Waals surface area contributed by atoms with Crippen molar-refractivity contribution >= 4 is 11.7 Å². The van der Waals surface area contributed by atoms with E-state index < -0.39 is 0 Å². The van der Waals surface area contributed by atoms with Gasteiger partial charge < -0.3 is 19.5 Å². The van der Waals surface area contributed by atoms with Gasteiger partial charge in [-0.3, -0.25) is 9.59 Å². The van der Waals surface area contributed by atoms with E-state index in [0.29, 0.717) is 36.8 Å². The number of carbonyl (C=O) groups is 2. The Morgan fingerprint density at radius 3 is 2.43 bits per heavy atom. The molecule has 0 saturated carbocycles. The zero-order chi connectivity index (χ0) is 19.9. The van der Waals surface area contributed by atoms with Gasteiger partial charge in [-0.25, -0.2) is 0 Å². The molecule has 6 nitrogen and oxygen atoms in total. The summed E-state index contributed by atoms with van der Waals surface area (Å²) in [5, 5.41) is 2.84. The molecule has 1 amide bonds. The summed E-state index contributed by atoms with van der Waals surface area (Å²) in [6, 6.07) is 12.7. The largest absolute Gasteiger partial charge is 0.491 e. The molecule has 148 valence electrons. The number of rotatable bonds is 8. The first-order valence-electron chi connectivity index (χ1n) is 9.46. The summed E-state index contributed by atoms with van der Waals surface area (Å²) in [5.74, 6) is 1.77. The fraction of sp³-hybridized carbons (Fsp3) is 0.364. The zero-order valence-corrected chi connectivity index (χ0v) is 16.2. The van der Waals surface area contributed by atoms with Gasteiger partial charge in [-0.05, 0) is 49.7 Å². The van der Waals surface area contributed by atoms with Gasteiger partial charge in [0.15, 0.2) is 17.3 Å². The van der Waals surface area contributed by atoms with E-state index in [-0.39, 0.29) is 30.6 Å². The number of hydrogen-bond acceptors (Lipinski definition) is 5. The highest BCUT2D eigenvalue weighted by Crippen LogP contribution is 2.31. The van der Waals surface area contributed by atoms with Crippen molar-refractivity contribution in [2.75, 3.05) is 13.2 Å². The number of ether oxygens (including phenoxy) is 3. The number of fused-ring (bicyclic) bond motifs is 1. The molecule has 1 aliphatic heterocycles. The van der Waals surface area contributed by atoms with Crippen LogP contribution in [0.5, 0.6) is 17.2 Å². The molecule has 1 aliphatic rings. The van der Waals surface area contributed by atoms with Gasteiger partial charge in [0, 0.05) is 24.9 Å². The Morgan fingerprint density at radius 1 is 1.00 bits per heavy atom. The van der Waals surface area contributed by atoms with Crippen LogP contribution in [-0.2, 0) is 11.3 Å². The Balaban J connectivity index is 1.44. The van der Waals surface area contributed by atoms with E-state index in [0.717, 1.165) is 11.3 Å². The molecular formula is C22H25NO5. The molecule has 0 aliphatic carbocycles. The Hall–Kier alpha value is -3.02. The number of Topliss-reactive ketones (excluding diaryl/α,β-unsaturated/α-hetero) is 1. The molecule has 28 heavy (non-hydrogen) atoms. The second kappa shape index (κ2) is 9.26. The zero-order valence-electron chi connectivity index (χ0n) is 16.2. The van der Waals surface area contributed by atoms with E-state index in [9.17, 15) is 9.59 Å². The number of nitrogens with one attached hydrogen (secondary N) is 1. The van der Waals surface area contributed by atoms with Crippen molar-refractivity contribution < 1.29 is 23.8 Å². The van der Waals surface area contributed by atoms with Crippen LogP contribution in [0.1, 0.15) is 42.6 Å². The van der Waals surface area contributed by atoms with Crippen molar-refractivity contribution in [2.24, 2.45) is 0 Å². The summed E-state index contributed by atoms with van der Waals surface area (Å²) < 4.78 is 16.5. The molecule has 0 aromatic heterocycles. The van der Waals surface area contributed by atoms with Crippen LogP contribution in [0.3, 0.4) is 0 Å². The van der Waals surface area contributed by atoms with Gasteiger partial charge in [-0.2, -0.15) is 0 Å². The normalized spacial score (nSPS) is 12.5. The van der Waals surface area contributed by atoms with Gasteiger partial charge in [-0.15, -0.1) is 0 Å². The number of ketones is 1. The first-order valence-corrected chi connectivity index (χ1v) is 9.46. The van der Waals surface area contributed by atoms with Crippen molar-refractivity contribution in [1.82, 2.24) is 5.32 Å². The summed E-state index contributed by atoms with van der Waals surface area (Å²) in [4.78, 5) is 24.4. The van der Waals surface area contributed by atoms with Crippen molar-refractivity contribution in [2.45, 2.75) is 39.3 Å². The predicted octanol–water partition coefficient (Wildman–Crippen LogP) is 3.52. The Morgan fingerprint density at radius 2 is 1.71 bits per heavy atom. The maximum atomic E-state index is 12.3. The number of hydrogen-bond donors (Lipinski definition) is 1. The number of amides is 1. The lowest BCUT2D eigenvalue weighted by Crippen LogP contribution is -2.23. The van der Waals surface area contributed by atoms with Crippen LogP contribution < -0.4 is 19.5 Å². The van der Waals surface area contributed by atoms with Crippen LogP contribution in [0.4, 0.5) is 0 Å². The van der Waals surface area contributed by atoms with E-state index in [1.54, 1.807) is 18.2 Å². The molecule has 0 spiro atoms. The molecular weight excluding hydrogens is 358 g/mol. The molecule has 0 saturated heterocycles. The van der Waals surface area contributed by atoms with Gasteiger partial charge >= 0.3 is 0 Å². The third-order valence-electron chi connectivity index (χ3n) is 4.23. The van der Waals surface area contributed by atoms with E-state index in [2.05, 4.69) is 5.32 Å². The lowest BCUT2D eigenvalue weighted by Gasteiger charge is -2.18. The highest BCUT2D eigenvalue weighted by atomic mass is 16.6. The molecule has 1 heterocycles. The minimum Gasteiger partial charge on any atom is -0.491 e. The maximum absolute atomic E-state index is 12.3. The third-order valence-corrected chi connectivity index (χ3v) is 4.23. The van der Waals surface area contributed by atoms with Crippen LogP contribution in [0.2, 0.25) is 0 Å². The summed E-state index contributed by atoms with van der Waals surface area (Å²) >= 11 is 0. The lowest BCUT2D eigenvalue weighted by atomic mass is 10.1. The second-order valence-corrected chi connectivity index (χ2v) is 6.87. The number of benzene rings is 2. The van der Waals surface area contributed by atoms with Gasteiger partial charge in [0.05, 0.1) is 6.10 Å². The van der Waals surface area contributed by atoms with Crippen molar-refractivity contribution in [3.63, 3.8) is 0 Å². The van der Waals surface area contributed by atoms with E-state index >= 15 is 0 Å². The minimum absolute atomic E-state index is 0.0951. The van der Waals surface area contributed by atoms with E-state index in [4.69, 9.17) is 14.2 Å². The topological polar surface area (TPSA) is 73.9 Å². The molecule has 1 N–H and O–H groups in total. The third kappa shape index (κ3) is 5.49. The van der Waals surface area contributed by atoms with Crippen LogP contribution in [-0.4, -0.2) is 31.0 Å². The fourth-order valence-corrected chi connectivity index (χ4v) is 2.84. The quantitative estimate of drug-likeness (QED) is 0.706. The molecule has 0 bridgehead atoms. The summed E-state index contributed by atoms with van der Waals surface area (Å²) in [6.07, 6.45) is 0.409. The Bertz CT molecular complexity index is 829. The summed E-state index contributed by atoms with van der Waals surface area (Å²) in [5.41, 5.74) is 1.50. The molecule has 2 aromatic rings. The first kappa shape index (κ1) is 19.7. The maximum Gasteiger partial charge on any atom is 0.220 e. The molecule has 0 radical (unpaired) electrons. The molecule has 0 unspecified atom stereocenters. The SMILES string of the molecule is CC(C)Oc1ccc(CNC(=O)CCC(=O)c2ccc3c(c2)OCCO3)cc1.